The Morgan fingerprint density at radius 2 is 1.96 bits per heavy atom. The number of carbonyl (C=O) groups excluding carboxylic acids is 1. The SMILES string of the molecule is CCOC(=O)C1SCc2oc(C)cc2C1P(=O)(OCC)OCC. The number of rotatable bonds is 7. The zero-order chi connectivity index (χ0) is 17.0. The van der Waals surface area contributed by atoms with E-state index in [2.05, 4.69) is 0 Å². The first kappa shape index (κ1) is 18.6. The molecule has 6 nitrogen and oxygen atoms in total. The molecule has 0 saturated carbocycles. The van der Waals surface area contributed by atoms with E-state index in [0.29, 0.717) is 11.5 Å². The van der Waals surface area contributed by atoms with Gasteiger partial charge in [-0.15, -0.1) is 11.8 Å². The lowest BCUT2D eigenvalue weighted by Gasteiger charge is -2.33. The van der Waals surface area contributed by atoms with Crippen LogP contribution in [0.2, 0.25) is 0 Å². The van der Waals surface area contributed by atoms with Gasteiger partial charge in [-0.2, -0.15) is 0 Å². The van der Waals surface area contributed by atoms with Crippen molar-refractivity contribution >= 4 is 25.3 Å². The van der Waals surface area contributed by atoms with Gasteiger partial charge in [0, 0.05) is 5.56 Å². The molecule has 2 atom stereocenters. The second-order valence-corrected chi connectivity index (χ2v) is 8.32. The molecule has 0 aromatic carbocycles. The van der Waals surface area contributed by atoms with Crippen LogP contribution in [0.3, 0.4) is 0 Å². The quantitative estimate of drug-likeness (QED) is 0.534. The minimum atomic E-state index is -3.53. The molecule has 1 aromatic heterocycles. The molecule has 0 radical (unpaired) electrons. The molecule has 130 valence electrons. The van der Waals surface area contributed by atoms with Crippen LogP contribution >= 0.6 is 19.4 Å². The van der Waals surface area contributed by atoms with E-state index in [1.807, 2.05) is 13.0 Å². The number of aryl methyl sites for hydroxylation is 1. The minimum Gasteiger partial charge on any atom is -0.465 e. The fourth-order valence-electron chi connectivity index (χ4n) is 2.68. The van der Waals surface area contributed by atoms with Gasteiger partial charge in [-0.3, -0.25) is 9.36 Å². The summed E-state index contributed by atoms with van der Waals surface area (Å²) in [4.78, 5) is 12.4. The predicted octanol–water partition coefficient (Wildman–Crippen LogP) is 4.07. The fourth-order valence-corrected chi connectivity index (χ4v) is 6.60. The van der Waals surface area contributed by atoms with Crippen LogP contribution in [-0.2, 0) is 28.9 Å². The van der Waals surface area contributed by atoms with Gasteiger partial charge in [0.1, 0.15) is 22.4 Å². The third-order valence-electron chi connectivity index (χ3n) is 3.44. The predicted molar refractivity (Wildman–Crippen MR) is 88.8 cm³/mol. The summed E-state index contributed by atoms with van der Waals surface area (Å²) in [6.07, 6.45) is 0. The van der Waals surface area contributed by atoms with Crippen LogP contribution in [0.5, 0.6) is 0 Å². The maximum absolute atomic E-state index is 13.4. The summed E-state index contributed by atoms with van der Waals surface area (Å²) in [5.41, 5.74) is 0.0113. The van der Waals surface area contributed by atoms with Gasteiger partial charge < -0.3 is 18.2 Å². The molecule has 23 heavy (non-hydrogen) atoms. The molecule has 2 heterocycles. The lowest BCUT2D eigenvalue weighted by Crippen LogP contribution is -2.31. The van der Waals surface area contributed by atoms with Crippen LogP contribution in [0.25, 0.3) is 0 Å². The monoisotopic (exact) mass is 362 g/mol. The summed E-state index contributed by atoms with van der Waals surface area (Å²) < 4.78 is 35.2. The molecule has 0 bridgehead atoms. The Labute approximate surface area is 140 Å². The third-order valence-corrected chi connectivity index (χ3v) is 7.39. The van der Waals surface area contributed by atoms with Gasteiger partial charge in [-0.25, -0.2) is 0 Å². The van der Waals surface area contributed by atoms with Gasteiger partial charge in [-0.1, -0.05) is 0 Å². The molecule has 1 aromatic rings. The summed E-state index contributed by atoms with van der Waals surface area (Å²) in [7, 11) is -3.53. The van der Waals surface area contributed by atoms with E-state index < -0.39 is 24.5 Å². The third kappa shape index (κ3) is 3.85. The van der Waals surface area contributed by atoms with Gasteiger partial charge in [0.05, 0.1) is 25.6 Å². The molecule has 0 N–H and O–H groups in total. The van der Waals surface area contributed by atoms with Crippen molar-refractivity contribution in [2.45, 2.75) is 44.4 Å². The van der Waals surface area contributed by atoms with Crippen molar-refractivity contribution in [3.63, 3.8) is 0 Å². The molecule has 1 aliphatic rings. The number of carbonyl (C=O) groups is 1. The van der Waals surface area contributed by atoms with Crippen molar-refractivity contribution in [1.82, 2.24) is 0 Å². The fraction of sp³-hybridized carbons (Fsp3) is 0.667. The first-order valence-corrected chi connectivity index (χ1v) is 10.4. The Bertz CT molecular complexity index is 589. The highest BCUT2D eigenvalue weighted by Gasteiger charge is 2.50. The average molecular weight is 362 g/mol. The maximum atomic E-state index is 13.4. The van der Waals surface area contributed by atoms with Crippen molar-refractivity contribution in [3.05, 3.63) is 23.2 Å². The molecule has 0 saturated heterocycles. The molecular weight excluding hydrogens is 339 g/mol. The van der Waals surface area contributed by atoms with Crippen LogP contribution in [0.1, 0.15) is 43.5 Å². The highest BCUT2D eigenvalue weighted by atomic mass is 32.2. The van der Waals surface area contributed by atoms with Crippen LogP contribution in [0, 0.1) is 6.92 Å². The average Bonchev–Trinajstić information content (AvgIpc) is 2.86. The molecule has 2 unspecified atom stereocenters. The number of hydrogen-bond acceptors (Lipinski definition) is 7. The van der Waals surface area contributed by atoms with E-state index in [1.165, 1.54) is 11.8 Å². The summed E-state index contributed by atoms with van der Waals surface area (Å²) in [6, 6.07) is 1.82. The van der Waals surface area contributed by atoms with Gasteiger partial charge in [0.2, 0.25) is 0 Å². The van der Waals surface area contributed by atoms with Crippen molar-refractivity contribution in [3.8, 4) is 0 Å². The van der Waals surface area contributed by atoms with E-state index in [9.17, 15) is 9.36 Å². The Hall–Kier alpha value is -0.750. The Morgan fingerprint density at radius 1 is 1.30 bits per heavy atom. The van der Waals surface area contributed by atoms with Gasteiger partial charge in [0.25, 0.3) is 0 Å². The topological polar surface area (TPSA) is 75.0 Å². The van der Waals surface area contributed by atoms with Crippen LogP contribution in [-0.4, -0.2) is 31.0 Å². The molecule has 2 rings (SSSR count). The first-order valence-electron chi connectivity index (χ1n) is 7.73. The smallest absolute Gasteiger partial charge is 0.339 e. The Morgan fingerprint density at radius 3 is 2.52 bits per heavy atom. The van der Waals surface area contributed by atoms with Crippen LogP contribution in [0.4, 0.5) is 0 Å². The molecule has 0 aliphatic carbocycles. The normalized spacial score (nSPS) is 21.0. The number of esters is 1. The lowest BCUT2D eigenvalue weighted by atomic mass is 10.1. The summed E-state index contributed by atoms with van der Waals surface area (Å²) in [5.74, 6) is 1.57. The molecule has 1 aliphatic heterocycles. The molecule has 8 heteroatoms. The molecule has 0 spiro atoms. The second-order valence-electron chi connectivity index (χ2n) is 5.04. The van der Waals surface area contributed by atoms with Crippen molar-refractivity contribution < 1.29 is 27.6 Å². The van der Waals surface area contributed by atoms with Gasteiger partial charge in [-0.05, 0) is 33.8 Å². The van der Waals surface area contributed by atoms with E-state index in [4.69, 9.17) is 18.2 Å². The zero-order valence-electron chi connectivity index (χ0n) is 13.9. The van der Waals surface area contributed by atoms with Gasteiger partial charge in [0.15, 0.2) is 0 Å². The number of ether oxygens (including phenoxy) is 1. The molecule has 0 fully saturated rings. The number of thioether (sulfide) groups is 1. The summed E-state index contributed by atoms with van der Waals surface area (Å²) in [5, 5.41) is -0.636. The standard InChI is InChI=1S/C15H23O6PS/c1-5-18-15(16)14-13(22(17,19-6-2)20-7-3)11-8-10(4)21-12(11)9-23-14/h8,13-14H,5-7,9H2,1-4H3. The minimum absolute atomic E-state index is 0.236. The van der Waals surface area contributed by atoms with E-state index in [0.717, 1.165) is 11.3 Å². The van der Waals surface area contributed by atoms with E-state index in [-0.39, 0.29) is 19.8 Å². The second kappa shape index (κ2) is 7.88. The number of hydrogen-bond donors (Lipinski definition) is 0. The van der Waals surface area contributed by atoms with Crippen molar-refractivity contribution in [2.75, 3.05) is 19.8 Å². The highest BCUT2D eigenvalue weighted by Crippen LogP contribution is 2.66. The largest absolute Gasteiger partial charge is 0.465 e. The number of furan rings is 1. The van der Waals surface area contributed by atoms with Crippen molar-refractivity contribution in [1.29, 1.82) is 0 Å². The van der Waals surface area contributed by atoms with Crippen molar-refractivity contribution in [2.24, 2.45) is 0 Å². The van der Waals surface area contributed by atoms with Gasteiger partial charge >= 0.3 is 13.6 Å². The Kier molecular flexibility index (Phi) is 6.37. The summed E-state index contributed by atoms with van der Waals surface area (Å²) >= 11 is 1.35. The first-order chi connectivity index (χ1) is 11.0. The summed E-state index contributed by atoms with van der Waals surface area (Å²) in [6.45, 7) is 7.82. The zero-order valence-corrected chi connectivity index (χ0v) is 15.6. The van der Waals surface area contributed by atoms with E-state index >= 15 is 0 Å². The van der Waals surface area contributed by atoms with Crippen LogP contribution < -0.4 is 0 Å². The van der Waals surface area contributed by atoms with E-state index in [1.54, 1.807) is 20.8 Å². The molecular formula is C15H23O6PS. The molecule has 0 amide bonds. The maximum Gasteiger partial charge on any atom is 0.339 e. The number of fused-ring (bicyclic) bond motifs is 1. The lowest BCUT2D eigenvalue weighted by molar-refractivity contribution is -0.142. The Balaban J connectivity index is 2.49. The highest BCUT2D eigenvalue weighted by molar-refractivity contribution is 8.00. The van der Waals surface area contributed by atoms with Crippen LogP contribution in [0.15, 0.2) is 10.5 Å².